The zero-order chi connectivity index (χ0) is 27.4. The standard InChI is InChI=1S/C28H26Cl2N4O3S/c1-19-15-23(20(2)34(19)27-14-13-24(29)16-26(27)30)17-31-32-28(35)22-11-9-21(10-12-22)18-33(38(3,36)37)25-7-5-4-6-8-25/h4-17H,18H2,1-3H3,(H,32,35)/b31-17-. The molecule has 4 aromatic rings. The first-order valence-corrected chi connectivity index (χ1v) is 14.2. The number of benzene rings is 3. The molecule has 0 bridgehead atoms. The van der Waals surface area contributed by atoms with Crippen LogP contribution in [0.25, 0.3) is 5.69 Å². The molecular weight excluding hydrogens is 543 g/mol. The van der Waals surface area contributed by atoms with Gasteiger partial charge in [-0.1, -0.05) is 53.5 Å². The Morgan fingerprint density at radius 1 is 1.00 bits per heavy atom. The third-order valence-corrected chi connectivity index (χ3v) is 7.66. The lowest BCUT2D eigenvalue weighted by Crippen LogP contribution is -2.29. The van der Waals surface area contributed by atoms with Crippen molar-refractivity contribution < 1.29 is 13.2 Å². The number of hydrogen-bond donors (Lipinski definition) is 1. The highest BCUT2D eigenvalue weighted by atomic mass is 35.5. The molecule has 0 unspecified atom stereocenters. The maximum atomic E-state index is 12.6. The first kappa shape index (κ1) is 27.4. The van der Waals surface area contributed by atoms with Gasteiger partial charge < -0.3 is 4.57 Å². The summed E-state index contributed by atoms with van der Waals surface area (Å²) >= 11 is 12.4. The van der Waals surface area contributed by atoms with Crippen LogP contribution >= 0.6 is 23.2 Å². The molecule has 1 amide bonds. The van der Waals surface area contributed by atoms with Gasteiger partial charge in [0.15, 0.2) is 0 Å². The van der Waals surface area contributed by atoms with Crippen LogP contribution in [0.3, 0.4) is 0 Å². The normalized spacial score (nSPS) is 11.6. The Morgan fingerprint density at radius 2 is 1.68 bits per heavy atom. The largest absolute Gasteiger partial charge is 0.316 e. The minimum atomic E-state index is -3.49. The van der Waals surface area contributed by atoms with Crippen molar-refractivity contribution in [1.82, 2.24) is 9.99 Å². The van der Waals surface area contributed by atoms with Gasteiger partial charge in [-0.05, 0) is 67.9 Å². The highest BCUT2D eigenvalue weighted by Crippen LogP contribution is 2.28. The number of aryl methyl sites for hydroxylation is 1. The Bertz CT molecular complexity index is 1600. The lowest BCUT2D eigenvalue weighted by molar-refractivity contribution is 0.0955. The van der Waals surface area contributed by atoms with Crippen molar-refractivity contribution >= 4 is 51.0 Å². The third kappa shape index (κ3) is 6.27. The molecule has 0 aliphatic rings. The van der Waals surface area contributed by atoms with Gasteiger partial charge in [0.1, 0.15) is 0 Å². The molecule has 0 fully saturated rings. The lowest BCUT2D eigenvalue weighted by atomic mass is 10.1. The average Bonchev–Trinajstić information content (AvgIpc) is 3.15. The van der Waals surface area contributed by atoms with E-state index < -0.39 is 10.0 Å². The number of amides is 1. The molecule has 38 heavy (non-hydrogen) atoms. The Kier molecular flexibility index (Phi) is 8.26. The van der Waals surface area contributed by atoms with E-state index in [1.165, 1.54) is 10.6 Å². The summed E-state index contributed by atoms with van der Waals surface area (Å²) in [6, 6.07) is 22.9. The quantitative estimate of drug-likeness (QED) is 0.205. The van der Waals surface area contributed by atoms with Crippen molar-refractivity contribution in [3.05, 3.63) is 117 Å². The second kappa shape index (κ2) is 11.4. The number of halogens is 2. The lowest BCUT2D eigenvalue weighted by Gasteiger charge is -2.22. The van der Waals surface area contributed by atoms with E-state index in [0.29, 0.717) is 21.3 Å². The third-order valence-electron chi connectivity index (χ3n) is 5.98. The molecule has 0 spiro atoms. The Hall–Kier alpha value is -3.59. The molecule has 1 aromatic heterocycles. The van der Waals surface area contributed by atoms with Gasteiger partial charge in [0.05, 0.1) is 35.4 Å². The summed E-state index contributed by atoms with van der Waals surface area (Å²) in [4.78, 5) is 12.6. The van der Waals surface area contributed by atoms with Gasteiger partial charge in [0.25, 0.3) is 5.91 Å². The van der Waals surface area contributed by atoms with Crippen molar-refractivity contribution in [2.75, 3.05) is 10.6 Å². The van der Waals surface area contributed by atoms with E-state index in [1.807, 2.05) is 36.6 Å². The molecule has 10 heteroatoms. The topological polar surface area (TPSA) is 83.8 Å². The van der Waals surface area contributed by atoms with Gasteiger partial charge in [0.2, 0.25) is 10.0 Å². The number of nitrogens with one attached hydrogen (secondary N) is 1. The van der Waals surface area contributed by atoms with E-state index in [9.17, 15) is 13.2 Å². The Morgan fingerprint density at radius 3 is 2.32 bits per heavy atom. The molecule has 0 aliphatic carbocycles. The fourth-order valence-electron chi connectivity index (χ4n) is 4.10. The number of hydrogen-bond acceptors (Lipinski definition) is 4. The summed E-state index contributed by atoms with van der Waals surface area (Å²) in [5.41, 5.74) is 7.74. The SMILES string of the molecule is Cc1cc(/C=N\NC(=O)c2ccc(CN(c3ccccc3)S(C)(=O)=O)cc2)c(C)n1-c1ccc(Cl)cc1Cl. The van der Waals surface area contributed by atoms with Crippen LogP contribution < -0.4 is 9.73 Å². The molecule has 3 aromatic carbocycles. The summed E-state index contributed by atoms with van der Waals surface area (Å²) in [5, 5.41) is 5.22. The Labute approximate surface area is 232 Å². The predicted octanol–water partition coefficient (Wildman–Crippen LogP) is 6.13. The molecule has 4 rings (SSSR count). The number of nitrogens with zero attached hydrogens (tertiary/aromatic N) is 3. The summed E-state index contributed by atoms with van der Waals surface area (Å²) < 4.78 is 28.0. The fourth-order valence-corrected chi connectivity index (χ4v) is 5.48. The van der Waals surface area contributed by atoms with E-state index >= 15 is 0 Å². The average molecular weight is 570 g/mol. The number of sulfonamides is 1. The van der Waals surface area contributed by atoms with Crippen molar-refractivity contribution in [2.45, 2.75) is 20.4 Å². The number of carbonyl (C=O) groups excluding carboxylic acids is 1. The molecule has 0 saturated carbocycles. The summed E-state index contributed by atoms with van der Waals surface area (Å²) in [5.74, 6) is -0.384. The van der Waals surface area contributed by atoms with Gasteiger partial charge in [-0.15, -0.1) is 0 Å². The summed E-state index contributed by atoms with van der Waals surface area (Å²) in [6.45, 7) is 4.04. The molecular formula is C28H26Cl2N4O3S. The molecule has 196 valence electrons. The zero-order valence-electron chi connectivity index (χ0n) is 21.0. The van der Waals surface area contributed by atoms with Crippen LogP contribution in [-0.4, -0.2) is 31.4 Å². The maximum Gasteiger partial charge on any atom is 0.271 e. The first-order chi connectivity index (χ1) is 18.0. The van der Waals surface area contributed by atoms with Crippen LogP contribution in [-0.2, 0) is 16.6 Å². The van der Waals surface area contributed by atoms with Crippen LogP contribution in [0.4, 0.5) is 5.69 Å². The van der Waals surface area contributed by atoms with Gasteiger partial charge in [-0.3, -0.25) is 9.10 Å². The van der Waals surface area contributed by atoms with Crippen LogP contribution in [0.5, 0.6) is 0 Å². The van der Waals surface area contributed by atoms with Crippen molar-refractivity contribution in [1.29, 1.82) is 0 Å². The molecule has 1 N–H and O–H groups in total. The number of anilines is 1. The van der Waals surface area contributed by atoms with Crippen LogP contribution in [0.1, 0.15) is 32.9 Å². The van der Waals surface area contributed by atoms with Crippen LogP contribution in [0.15, 0.2) is 84.0 Å². The first-order valence-electron chi connectivity index (χ1n) is 11.6. The van der Waals surface area contributed by atoms with E-state index in [0.717, 1.165) is 28.2 Å². The second-order valence-electron chi connectivity index (χ2n) is 8.76. The molecule has 7 nitrogen and oxygen atoms in total. The zero-order valence-corrected chi connectivity index (χ0v) is 23.3. The number of para-hydroxylation sites is 1. The van der Waals surface area contributed by atoms with Crippen molar-refractivity contribution in [3.63, 3.8) is 0 Å². The molecule has 0 saturated heterocycles. The number of carbonyl (C=O) groups is 1. The van der Waals surface area contributed by atoms with E-state index in [2.05, 4.69) is 10.5 Å². The highest BCUT2D eigenvalue weighted by molar-refractivity contribution is 7.92. The minimum Gasteiger partial charge on any atom is -0.316 e. The number of aromatic nitrogens is 1. The van der Waals surface area contributed by atoms with Gasteiger partial charge >= 0.3 is 0 Å². The molecule has 0 atom stereocenters. The number of hydrazone groups is 1. The van der Waals surface area contributed by atoms with Gasteiger partial charge in [0, 0.05) is 27.5 Å². The maximum absolute atomic E-state index is 12.6. The van der Waals surface area contributed by atoms with E-state index in [1.54, 1.807) is 66.9 Å². The highest BCUT2D eigenvalue weighted by Gasteiger charge is 2.18. The second-order valence-corrected chi connectivity index (χ2v) is 11.5. The van der Waals surface area contributed by atoms with Crippen LogP contribution in [0, 0.1) is 13.8 Å². The van der Waals surface area contributed by atoms with Crippen LogP contribution in [0.2, 0.25) is 10.0 Å². The summed E-state index contributed by atoms with van der Waals surface area (Å²) in [7, 11) is -3.49. The smallest absolute Gasteiger partial charge is 0.271 e. The van der Waals surface area contributed by atoms with Gasteiger partial charge in [-0.25, -0.2) is 13.8 Å². The fraction of sp³-hybridized carbons (Fsp3) is 0.143. The predicted molar refractivity (Wildman–Crippen MR) is 154 cm³/mol. The minimum absolute atomic E-state index is 0.149. The molecule has 0 radical (unpaired) electrons. The van der Waals surface area contributed by atoms with E-state index in [4.69, 9.17) is 23.2 Å². The van der Waals surface area contributed by atoms with E-state index in [-0.39, 0.29) is 12.5 Å². The summed E-state index contributed by atoms with van der Waals surface area (Å²) in [6.07, 6.45) is 2.75. The van der Waals surface area contributed by atoms with Crippen molar-refractivity contribution in [2.24, 2.45) is 5.10 Å². The van der Waals surface area contributed by atoms with Gasteiger partial charge in [-0.2, -0.15) is 5.10 Å². The molecule has 1 heterocycles. The molecule has 0 aliphatic heterocycles. The Balaban J connectivity index is 1.44. The van der Waals surface area contributed by atoms with Crippen molar-refractivity contribution in [3.8, 4) is 5.69 Å². The number of rotatable bonds is 8. The monoisotopic (exact) mass is 568 g/mol.